The lowest BCUT2D eigenvalue weighted by atomic mass is 10.1. The number of nitrogens with zero attached hydrogens (tertiary/aromatic N) is 3. The second kappa shape index (κ2) is 9.58. The van der Waals surface area contributed by atoms with Gasteiger partial charge in [0.15, 0.2) is 5.75 Å². The second-order valence-electron chi connectivity index (χ2n) is 6.85. The first-order valence-corrected chi connectivity index (χ1v) is 9.99. The molecule has 3 rings (SSSR count). The van der Waals surface area contributed by atoms with Crippen molar-refractivity contribution in [3.05, 3.63) is 68.7 Å². The molecule has 1 aliphatic heterocycles. The van der Waals surface area contributed by atoms with Crippen LogP contribution in [0.25, 0.3) is 0 Å². The van der Waals surface area contributed by atoms with Gasteiger partial charge in [-0.1, -0.05) is 23.7 Å². The van der Waals surface area contributed by atoms with E-state index in [1.807, 2.05) is 12.1 Å². The fourth-order valence-electron chi connectivity index (χ4n) is 3.30. The van der Waals surface area contributed by atoms with Crippen LogP contribution in [0.4, 0.5) is 5.69 Å². The van der Waals surface area contributed by atoms with Crippen molar-refractivity contribution >= 4 is 29.1 Å². The lowest BCUT2D eigenvalue weighted by Crippen LogP contribution is -2.51. The number of ether oxygens (including phenoxy) is 1. The molecular formula is C21H22ClN3O5. The molecule has 9 heteroatoms. The Bertz CT molecular complexity index is 940. The van der Waals surface area contributed by atoms with E-state index < -0.39 is 4.92 Å². The van der Waals surface area contributed by atoms with Gasteiger partial charge in [-0.05, 0) is 36.8 Å². The number of carbonyl (C=O) groups is 2. The van der Waals surface area contributed by atoms with Gasteiger partial charge in [0, 0.05) is 42.8 Å². The van der Waals surface area contributed by atoms with Crippen molar-refractivity contribution in [3.63, 3.8) is 0 Å². The van der Waals surface area contributed by atoms with Crippen molar-refractivity contribution in [2.24, 2.45) is 0 Å². The van der Waals surface area contributed by atoms with Gasteiger partial charge in [0.05, 0.1) is 18.0 Å². The molecule has 2 aromatic carbocycles. The second-order valence-corrected chi connectivity index (χ2v) is 7.29. The predicted octanol–water partition coefficient (Wildman–Crippen LogP) is 3.17. The van der Waals surface area contributed by atoms with E-state index in [2.05, 4.69) is 0 Å². The SMILES string of the molecule is CCOc1ccc(C(=O)N2CCN(C(=O)Cc3ccc(Cl)cc3)CC2)cc1[N+](=O)[O-]. The van der Waals surface area contributed by atoms with Crippen LogP contribution in [0.1, 0.15) is 22.8 Å². The first kappa shape index (κ1) is 21.6. The number of hydrogen-bond donors (Lipinski definition) is 0. The third-order valence-electron chi connectivity index (χ3n) is 4.89. The highest BCUT2D eigenvalue weighted by molar-refractivity contribution is 6.30. The maximum absolute atomic E-state index is 12.8. The minimum absolute atomic E-state index is 0.0128. The lowest BCUT2D eigenvalue weighted by molar-refractivity contribution is -0.385. The van der Waals surface area contributed by atoms with Gasteiger partial charge in [-0.15, -0.1) is 0 Å². The summed E-state index contributed by atoms with van der Waals surface area (Å²) < 4.78 is 5.26. The molecular weight excluding hydrogens is 410 g/mol. The van der Waals surface area contributed by atoms with Crippen molar-refractivity contribution in [2.75, 3.05) is 32.8 Å². The Labute approximate surface area is 179 Å². The molecule has 158 valence electrons. The van der Waals surface area contributed by atoms with Crippen LogP contribution in [0.2, 0.25) is 5.02 Å². The van der Waals surface area contributed by atoms with E-state index in [0.29, 0.717) is 37.8 Å². The van der Waals surface area contributed by atoms with Gasteiger partial charge in [-0.2, -0.15) is 0 Å². The standard InChI is InChI=1S/C21H22ClN3O5/c1-2-30-19-8-5-16(14-18(19)25(28)29)21(27)24-11-9-23(10-12-24)20(26)13-15-3-6-17(22)7-4-15/h3-8,14H,2,9-13H2,1H3. The van der Waals surface area contributed by atoms with Crippen LogP contribution >= 0.6 is 11.6 Å². The molecule has 1 saturated heterocycles. The van der Waals surface area contributed by atoms with Crippen LogP contribution in [0.5, 0.6) is 5.75 Å². The number of nitro benzene ring substituents is 1. The minimum atomic E-state index is -0.560. The highest BCUT2D eigenvalue weighted by Gasteiger charge is 2.26. The number of piperazine rings is 1. The molecule has 0 bridgehead atoms. The first-order valence-electron chi connectivity index (χ1n) is 9.61. The maximum atomic E-state index is 12.8. The summed E-state index contributed by atoms with van der Waals surface area (Å²) in [6.07, 6.45) is 0.274. The largest absolute Gasteiger partial charge is 0.487 e. The van der Waals surface area contributed by atoms with Crippen LogP contribution in [0.15, 0.2) is 42.5 Å². The monoisotopic (exact) mass is 431 g/mol. The van der Waals surface area contributed by atoms with E-state index in [1.54, 1.807) is 28.9 Å². The summed E-state index contributed by atoms with van der Waals surface area (Å²) in [5.74, 6) is -0.177. The summed E-state index contributed by atoms with van der Waals surface area (Å²) in [5, 5.41) is 11.9. The van der Waals surface area contributed by atoms with Crippen molar-refractivity contribution in [1.29, 1.82) is 0 Å². The molecule has 0 spiro atoms. The van der Waals surface area contributed by atoms with Crippen molar-refractivity contribution in [1.82, 2.24) is 9.80 Å². The zero-order valence-electron chi connectivity index (χ0n) is 16.5. The molecule has 8 nitrogen and oxygen atoms in total. The number of hydrogen-bond acceptors (Lipinski definition) is 5. The molecule has 0 unspecified atom stereocenters. The van der Waals surface area contributed by atoms with Gasteiger partial charge in [-0.25, -0.2) is 0 Å². The van der Waals surface area contributed by atoms with Gasteiger partial charge in [0.2, 0.25) is 5.91 Å². The molecule has 0 aromatic heterocycles. The molecule has 1 aliphatic rings. The molecule has 30 heavy (non-hydrogen) atoms. The van der Waals surface area contributed by atoms with Crippen LogP contribution < -0.4 is 4.74 Å². The molecule has 0 N–H and O–H groups in total. The van der Waals surface area contributed by atoms with Crippen LogP contribution in [0.3, 0.4) is 0 Å². The van der Waals surface area contributed by atoms with Gasteiger partial charge in [0.1, 0.15) is 0 Å². The molecule has 2 aromatic rings. The Morgan fingerprint density at radius 3 is 2.30 bits per heavy atom. The highest BCUT2D eigenvalue weighted by Crippen LogP contribution is 2.28. The van der Waals surface area contributed by atoms with E-state index in [0.717, 1.165) is 5.56 Å². The average molecular weight is 432 g/mol. The number of benzene rings is 2. The highest BCUT2D eigenvalue weighted by atomic mass is 35.5. The first-order chi connectivity index (χ1) is 14.4. The summed E-state index contributed by atoms with van der Waals surface area (Å²) in [6.45, 7) is 3.59. The Morgan fingerprint density at radius 2 is 1.70 bits per heavy atom. The zero-order chi connectivity index (χ0) is 21.7. The number of halogens is 1. The third-order valence-corrected chi connectivity index (χ3v) is 5.14. The molecule has 0 radical (unpaired) electrons. The van der Waals surface area contributed by atoms with Crippen molar-refractivity contribution in [3.8, 4) is 5.75 Å². The summed E-state index contributed by atoms with van der Waals surface area (Å²) in [4.78, 5) is 39.4. The van der Waals surface area contributed by atoms with Gasteiger partial charge in [-0.3, -0.25) is 19.7 Å². The normalized spacial score (nSPS) is 13.8. The van der Waals surface area contributed by atoms with Crippen molar-refractivity contribution < 1.29 is 19.2 Å². The number of carbonyl (C=O) groups excluding carboxylic acids is 2. The van der Waals surface area contributed by atoms with E-state index >= 15 is 0 Å². The molecule has 0 atom stereocenters. The molecule has 1 fully saturated rings. The summed E-state index contributed by atoms with van der Waals surface area (Å²) in [5.41, 5.74) is 0.871. The van der Waals surface area contributed by atoms with Gasteiger partial charge >= 0.3 is 5.69 Å². The maximum Gasteiger partial charge on any atom is 0.311 e. The Hall–Kier alpha value is -3.13. The Morgan fingerprint density at radius 1 is 1.07 bits per heavy atom. The third kappa shape index (κ3) is 5.07. The molecule has 1 heterocycles. The molecule has 0 aliphatic carbocycles. The van der Waals surface area contributed by atoms with Crippen LogP contribution in [-0.2, 0) is 11.2 Å². The van der Waals surface area contributed by atoms with Crippen molar-refractivity contribution in [2.45, 2.75) is 13.3 Å². The van der Waals surface area contributed by atoms with E-state index in [1.165, 1.54) is 18.2 Å². The topological polar surface area (TPSA) is 93.0 Å². The van der Waals surface area contributed by atoms with Gasteiger partial charge < -0.3 is 14.5 Å². The summed E-state index contributed by atoms with van der Waals surface area (Å²) >= 11 is 5.87. The average Bonchev–Trinajstić information content (AvgIpc) is 2.75. The zero-order valence-corrected chi connectivity index (χ0v) is 17.3. The number of amides is 2. The van der Waals surface area contributed by atoms with E-state index in [9.17, 15) is 19.7 Å². The summed E-state index contributed by atoms with van der Waals surface area (Å²) in [6, 6.07) is 11.3. The van der Waals surface area contributed by atoms with E-state index in [4.69, 9.17) is 16.3 Å². The lowest BCUT2D eigenvalue weighted by Gasteiger charge is -2.35. The molecule has 2 amide bonds. The summed E-state index contributed by atoms with van der Waals surface area (Å²) in [7, 11) is 0. The number of rotatable bonds is 6. The van der Waals surface area contributed by atoms with Crippen LogP contribution in [-0.4, -0.2) is 59.3 Å². The fraction of sp³-hybridized carbons (Fsp3) is 0.333. The smallest absolute Gasteiger partial charge is 0.311 e. The fourth-order valence-corrected chi connectivity index (χ4v) is 3.43. The quantitative estimate of drug-likeness (QED) is 0.517. The van der Waals surface area contributed by atoms with Crippen LogP contribution in [0, 0.1) is 10.1 Å². The number of nitro groups is 1. The van der Waals surface area contributed by atoms with E-state index in [-0.39, 0.29) is 35.2 Å². The predicted molar refractivity (Wildman–Crippen MR) is 112 cm³/mol. The Kier molecular flexibility index (Phi) is 6.89. The van der Waals surface area contributed by atoms with Gasteiger partial charge in [0.25, 0.3) is 5.91 Å². The molecule has 0 saturated carbocycles. The Balaban J connectivity index is 1.61. The minimum Gasteiger partial charge on any atom is -0.487 e.